The van der Waals surface area contributed by atoms with Crippen molar-refractivity contribution in [3.63, 3.8) is 0 Å². The molecule has 1 N–H and O–H groups in total. The minimum atomic E-state index is -0.297. The summed E-state index contributed by atoms with van der Waals surface area (Å²) in [5, 5.41) is 7.69. The fourth-order valence-corrected chi connectivity index (χ4v) is 3.59. The molecule has 4 aromatic rings. The SMILES string of the molecule is Cc1cccc(NC(=O)Cn2c(=O)cc(-c3nc(C4CC4)no3)c3ccccc32)c1. The number of aryl methyl sites for hydroxylation is 1. The van der Waals surface area contributed by atoms with Crippen molar-refractivity contribution in [3.05, 3.63) is 76.3 Å². The van der Waals surface area contributed by atoms with Gasteiger partial charge in [0.05, 0.1) is 11.1 Å². The van der Waals surface area contributed by atoms with E-state index < -0.39 is 0 Å². The van der Waals surface area contributed by atoms with E-state index in [1.54, 1.807) is 0 Å². The number of carbonyl (C=O) groups excluding carboxylic acids is 1. The molecular weight excluding hydrogens is 380 g/mol. The van der Waals surface area contributed by atoms with Crippen LogP contribution in [0.15, 0.2) is 63.9 Å². The first-order valence-corrected chi connectivity index (χ1v) is 9.91. The van der Waals surface area contributed by atoms with Gasteiger partial charge in [0.15, 0.2) is 5.82 Å². The highest BCUT2D eigenvalue weighted by Gasteiger charge is 2.29. The van der Waals surface area contributed by atoms with E-state index in [-0.39, 0.29) is 18.0 Å². The third-order valence-electron chi connectivity index (χ3n) is 5.24. The lowest BCUT2D eigenvalue weighted by atomic mass is 10.1. The smallest absolute Gasteiger partial charge is 0.258 e. The first kappa shape index (κ1) is 18.3. The summed E-state index contributed by atoms with van der Waals surface area (Å²) in [4.78, 5) is 30.0. The summed E-state index contributed by atoms with van der Waals surface area (Å²) < 4.78 is 6.90. The molecule has 2 aromatic heterocycles. The Balaban J connectivity index is 1.50. The molecule has 0 bridgehead atoms. The van der Waals surface area contributed by atoms with E-state index in [4.69, 9.17) is 4.52 Å². The molecule has 1 saturated carbocycles. The van der Waals surface area contributed by atoms with Crippen molar-refractivity contribution in [2.24, 2.45) is 0 Å². The number of aromatic nitrogens is 3. The number of nitrogens with zero attached hydrogens (tertiary/aromatic N) is 3. The lowest BCUT2D eigenvalue weighted by molar-refractivity contribution is -0.116. The lowest BCUT2D eigenvalue weighted by Gasteiger charge is -2.12. The van der Waals surface area contributed by atoms with Gasteiger partial charge in [-0.2, -0.15) is 4.98 Å². The van der Waals surface area contributed by atoms with Crippen LogP contribution in [0.3, 0.4) is 0 Å². The highest BCUT2D eigenvalue weighted by atomic mass is 16.5. The zero-order chi connectivity index (χ0) is 20.7. The molecule has 7 nitrogen and oxygen atoms in total. The summed E-state index contributed by atoms with van der Waals surface area (Å²) in [5.74, 6) is 1.12. The molecule has 0 saturated heterocycles. The molecule has 30 heavy (non-hydrogen) atoms. The van der Waals surface area contributed by atoms with Gasteiger partial charge >= 0.3 is 0 Å². The number of anilines is 1. The molecule has 5 rings (SSSR count). The Kier molecular flexibility index (Phi) is 4.43. The number of hydrogen-bond acceptors (Lipinski definition) is 5. The average Bonchev–Trinajstić information content (AvgIpc) is 3.47. The van der Waals surface area contributed by atoms with Crippen molar-refractivity contribution in [2.45, 2.75) is 32.2 Å². The molecule has 2 aromatic carbocycles. The van der Waals surface area contributed by atoms with E-state index in [2.05, 4.69) is 15.5 Å². The number of amides is 1. The van der Waals surface area contributed by atoms with Gasteiger partial charge in [0.25, 0.3) is 11.4 Å². The standard InChI is InChI=1S/C23H20N4O3/c1-14-5-4-6-16(11-14)24-20(28)13-27-19-8-3-2-7-17(19)18(12-21(27)29)23-25-22(26-30-23)15-9-10-15/h2-8,11-12,15H,9-10,13H2,1H3,(H,24,28). The third-order valence-corrected chi connectivity index (χ3v) is 5.24. The molecule has 0 atom stereocenters. The van der Waals surface area contributed by atoms with Crippen LogP contribution in [-0.4, -0.2) is 20.6 Å². The fourth-order valence-electron chi connectivity index (χ4n) is 3.59. The molecule has 1 amide bonds. The van der Waals surface area contributed by atoms with Gasteiger partial charge in [0, 0.05) is 23.1 Å². The second kappa shape index (κ2) is 7.26. The molecule has 1 aliphatic rings. The molecule has 7 heteroatoms. The Bertz CT molecular complexity index is 1320. The van der Waals surface area contributed by atoms with E-state index in [0.717, 1.165) is 23.8 Å². The number of pyridine rings is 1. The molecule has 0 spiro atoms. The van der Waals surface area contributed by atoms with E-state index >= 15 is 0 Å². The fraction of sp³-hybridized carbons (Fsp3) is 0.217. The van der Waals surface area contributed by atoms with Gasteiger partial charge in [-0.1, -0.05) is 35.5 Å². The quantitative estimate of drug-likeness (QED) is 0.549. The Morgan fingerprint density at radius 1 is 1.17 bits per heavy atom. The zero-order valence-electron chi connectivity index (χ0n) is 16.5. The topological polar surface area (TPSA) is 90.0 Å². The summed E-state index contributed by atoms with van der Waals surface area (Å²) in [6.45, 7) is 1.86. The predicted molar refractivity (Wildman–Crippen MR) is 113 cm³/mol. The van der Waals surface area contributed by atoms with Crippen molar-refractivity contribution < 1.29 is 9.32 Å². The van der Waals surface area contributed by atoms with E-state index in [9.17, 15) is 9.59 Å². The number of fused-ring (bicyclic) bond motifs is 1. The highest BCUT2D eigenvalue weighted by Crippen LogP contribution is 2.39. The van der Waals surface area contributed by atoms with Crippen LogP contribution in [0.5, 0.6) is 0 Å². The lowest BCUT2D eigenvalue weighted by Crippen LogP contribution is -2.27. The molecule has 1 fully saturated rings. The molecule has 0 aliphatic heterocycles. The summed E-state index contributed by atoms with van der Waals surface area (Å²) in [7, 11) is 0. The van der Waals surface area contributed by atoms with Crippen molar-refractivity contribution in [2.75, 3.05) is 5.32 Å². The molecule has 0 unspecified atom stereocenters. The molecule has 2 heterocycles. The van der Waals surface area contributed by atoms with Gasteiger partial charge in [-0.15, -0.1) is 0 Å². The zero-order valence-corrected chi connectivity index (χ0v) is 16.5. The van der Waals surface area contributed by atoms with E-state index in [1.807, 2.05) is 55.5 Å². The van der Waals surface area contributed by atoms with Gasteiger partial charge in [-0.3, -0.25) is 14.2 Å². The first-order valence-electron chi connectivity index (χ1n) is 9.91. The van der Waals surface area contributed by atoms with Crippen molar-refractivity contribution >= 4 is 22.5 Å². The number of benzene rings is 2. The van der Waals surface area contributed by atoms with Crippen LogP contribution in [0.25, 0.3) is 22.4 Å². The third kappa shape index (κ3) is 3.50. The minimum absolute atomic E-state index is 0.0925. The molecule has 0 radical (unpaired) electrons. The summed E-state index contributed by atoms with van der Waals surface area (Å²) >= 11 is 0. The average molecular weight is 400 g/mol. The highest BCUT2D eigenvalue weighted by molar-refractivity contribution is 5.95. The molecule has 1 aliphatic carbocycles. The van der Waals surface area contributed by atoms with Crippen LogP contribution in [0.2, 0.25) is 0 Å². The second-order valence-corrected chi connectivity index (χ2v) is 7.65. The second-order valence-electron chi connectivity index (χ2n) is 7.65. The van der Waals surface area contributed by atoms with Crippen molar-refractivity contribution in [3.8, 4) is 11.5 Å². The van der Waals surface area contributed by atoms with Gasteiger partial charge in [-0.05, 0) is 43.5 Å². The number of rotatable bonds is 5. The van der Waals surface area contributed by atoms with E-state index in [0.29, 0.717) is 34.4 Å². The van der Waals surface area contributed by atoms with Crippen LogP contribution in [0, 0.1) is 6.92 Å². The Morgan fingerprint density at radius 3 is 2.80 bits per heavy atom. The molecule has 150 valence electrons. The number of nitrogens with one attached hydrogen (secondary N) is 1. The predicted octanol–water partition coefficient (Wildman–Crippen LogP) is 3.88. The normalized spacial score (nSPS) is 13.5. The van der Waals surface area contributed by atoms with Crippen LogP contribution in [-0.2, 0) is 11.3 Å². The Hall–Kier alpha value is -3.74. The Labute approximate surface area is 172 Å². The summed E-state index contributed by atoms with van der Waals surface area (Å²) in [6, 6.07) is 16.4. The summed E-state index contributed by atoms with van der Waals surface area (Å²) in [6.07, 6.45) is 2.13. The van der Waals surface area contributed by atoms with Gasteiger partial charge in [0.1, 0.15) is 6.54 Å². The van der Waals surface area contributed by atoms with Gasteiger partial charge in [0.2, 0.25) is 5.91 Å². The summed E-state index contributed by atoms with van der Waals surface area (Å²) in [5.41, 5.74) is 2.68. The Morgan fingerprint density at radius 2 is 2.00 bits per heavy atom. The van der Waals surface area contributed by atoms with Gasteiger partial charge < -0.3 is 9.84 Å². The van der Waals surface area contributed by atoms with Crippen molar-refractivity contribution in [1.29, 1.82) is 0 Å². The van der Waals surface area contributed by atoms with Crippen LogP contribution >= 0.6 is 0 Å². The van der Waals surface area contributed by atoms with Gasteiger partial charge in [-0.25, -0.2) is 0 Å². The van der Waals surface area contributed by atoms with Crippen LogP contribution < -0.4 is 10.9 Å². The van der Waals surface area contributed by atoms with Crippen LogP contribution in [0.1, 0.15) is 30.1 Å². The number of carbonyl (C=O) groups is 1. The number of hydrogen-bond donors (Lipinski definition) is 1. The van der Waals surface area contributed by atoms with Crippen molar-refractivity contribution in [1.82, 2.24) is 14.7 Å². The largest absolute Gasteiger partial charge is 0.334 e. The maximum Gasteiger partial charge on any atom is 0.258 e. The monoisotopic (exact) mass is 400 g/mol. The first-order chi connectivity index (χ1) is 14.6. The maximum absolute atomic E-state index is 12.9. The molecular formula is C23H20N4O3. The van der Waals surface area contributed by atoms with E-state index in [1.165, 1.54) is 10.6 Å². The maximum atomic E-state index is 12.9. The number of para-hydroxylation sites is 1. The minimum Gasteiger partial charge on any atom is -0.334 e. The van der Waals surface area contributed by atoms with Crippen LogP contribution in [0.4, 0.5) is 5.69 Å².